The Hall–Kier alpha value is -2.19. The van der Waals surface area contributed by atoms with E-state index in [1.54, 1.807) is 20.8 Å². The van der Waals surface area contributed by atoms with E-state index < -0.39 is 35.6 Å². The molecule has 0 aromatic heterocycles. The lowest BCUT2D eigenvalue weighted by molar-refractivity contribution is -0.123. The van der Waals surface area contributed by atoms with E-state index in [1.165, 1.54) is 11.9 Å². The van der Waals surface area contributed by atoms with Crippen LogP contribution in [0.25, 0.3) is 0 Å². The minimum atomic E-state index is -0.682. The summed E-state index contributed by atoms with van der Waals surface area (Å²) in [5.74, 6) is -1.09. The predicted molar refractivity (Wildman–Crippen MR) is 89.4 cm³/mol. The molecular weight excluding hydrogens is 316 g/mol. The highest BCUT2D eigenvalue weighted by atomic mass is 16.6. The van der Waals surface area contributed by atoms with Gasteiger partial charge in [0, 0.05) is 13.6 Å². The van der Waals surface area contributed by atoms with Gasteiger partial charge in [-0.1, -0.05) is 19.0 Å². The quantitative estimate of drug-likeness (QED) is 0.758. The van der Waals surface area contributed by atoms with E-state index in [2.05, 4.69) is 15.8 Å². The summed E-state index contributed by atoms with van der Waals surface area (Å²) in [6.45, 7) is 9.14. The molecule has 1 heterocycles. The highest BCUT2D eigenvalue weighted by molar-refractivity contribution is 5.95. The molecule has 0 radical (unpaired) electrons. The molecule has 2 atom stereocenters. The van der Waals surface area contributed by atoms with Crippen molar-refractivity contribution in [3.05, 3.63) is 4.91 Å². The number of hydrogen-bond donors (Lipinski definition) is 2. The number of ether oxygens (including phenoxy) is 1. The highest BCUT2D eigenvalue weighted by Crippen LogP contribution is 2.26. The van der Waals surface area contributed by atoms with Gasteiger partial charge in [0.15, 0.2) is 0 Å². The van der Waals surface area contributed by atoms with E-state index in [9.17, 15) is 19.3 Å². The zero-order valence-electron chi connectivity index (χ0n) is 15.2. The molecule has 0 aromatic rings. The molecular formula is C15H28N4O5. The summed E-state index contributed by atoms with van der Waals surface area (Å²) in [4.78, 5) is 47.1. The Kier molecular flexibility index (Phi) is 8.94. The van der Waals surface area contributed by atoms with Gasteiger partial charge in [0.1, 0.15) is 12.1 Å². The fourth-order valence-corrected chi connectivity index (χ4v) is 2.19. The Labute approximate surface area is 142 Å². The molecule has 9 heteroatoms. The van der Waals surface area contributed by atoms with Crippen molar-refractivity contribution < 1.29 is 19.1 Å². The summed E-state index contributed by atoms with van der Waals surface area (Å²) in [7, 11) is 1.39. The number of imide groups is 1. The van der Waals surface area contributed by atoms with Crippen LogP contribution < -0.4 is 10.6 Å². The van der Waals surface area contributed by atoms with Crippen LogP contribution in [0, 0.1) is 10.8 Å². The average Bonchev–Trinajstić information content (AvgIpc) is 2.92. The van der Waals surface area contributed by atoms with E-state index >= 15 is 0 Å². The lowest BCUT2D eigenvalue weighted by Crippen LogP contribution is -2.43. The Morgan fingerprint density at radius 1 is 1.25 bits per heavy atom. The van der Waals surface area contributed by atoms with Gasteiger partial charge in [-0.25, -0.2) is 9.59 Å². The third kappa shape index (κ3) is 6.93. The van der Waals surface area contributed by atoms with Crippen molar-refractivity contribution in [1.29, 1.82) is 0 Å². The average molecular weight is 344 g/mol. The monoisotopic (exact) mass is 344 g/mol. The minimum Gasteiger partial charge on any atom is -0.444 e. The van der Waals surface area contributed by atoms with Gasteiger partial charge in [0.2, 0.25) is 5.91 Å². The van der Waals surface area contributed by atoms with Crippen molar-refractivity contribution in [2.45, 2.75) is 52.7 Å². The number of nitrogens with one attached hydrogen (secondary N) is 2. The molecule has 138 valence electrons. The van der Waals surface area contributed by atoms with Gasteiger partial charge in [-0.3, -0.25) is 10.1 Å². The molecule has 0 spiro atoms. The van der Waals surface area contributed by atoms with E-state index in [0.29, 0.717) is 0 Å². The number of likely N-dealkylation sites (tertiary alicyclic amines) is 1. The second-order valence-corrected chi connectivity index (χ2v) is 6.10. The molecule has 24 heavy (non-hydrogen) atoms. The molecule has 2 N–H and O–H groups in total. The molecule has 9 nitrogen and oxygen atoms in total. The number of urea groups is 1. The first-order valence-electron chi connectivity index (χ1n) is 7.99. The van der Waals surface area contributed by atoms with Crippen LogP contribution >= 0.6 is 0 Å². The number of carbonyl (C=O) groups is 3. The number of carbonyl (C=O) groups excluding carboxylic acids is 3. The summed E-state index contributed by atoms with van der Waals surface area (Å²) < 4.78 is 5.26. The first-order valence-corrected chi connectivity index (χ1v) is 7.99. The smallest absolute Gasteiger partial charge is 0.410 e. The van der Waals surface area contributed by atoms with Gasteiger partial charge in [0.05, 0.1) is 12.0 Å². The summed E-state index contributed by atoms with van der Waals surface area (Å²) in [6, 6.07) is -1.13. The fourth-order valence-electron chi connectivity index (χ4n) is 2.19. The van der Waals surface area contributed by atoms with Gasteiger partial charge in [-0.2, -0.15) is 4.91 Å². The molecule has 4 amide bonds. The molecule has 2 unspecified atom stereocenters. The van der Waals surface area contributed by atoms with Gasteiger partial charge in [0.25, 0.3) is 0 Å². The van der Waals surface area contributed by atoms with Gasteiger partial charge >= 0.3 is 12.1 Å². The summed E-state index contributed by atoms with van der Waals surface area (Å²) in [6.07, 6.45) is -0.343. The van der Waals surface area contributed by atoms with Crippen molar-refractivity contribution in [3.8, 4) is 0 Å². The zero-order valence-corrected chi connectivity index (χ0v) is 15.2. The van der Waals surface area contributed by atoms with Crippen LogP contribution in [0.5, 0.6) is 0 Å². The standard InChI is InChI=1S/C13H22N4O5.C2H6/c1-13(2,3)22-12(20)17-7-8(5-9(17)6-15-21)10(18)16-11(19)14-4;1-2/h8-9H,5-7H2,1-4H3,(H2,14,16,18,19);1-2H3. The van der Waals surface area contributed by atoms with Crippen molar-refractivity contribution in [2.75, 3.05) is 20.1 Å². The van der Waals surface area contributed by atoms with E-state index in [-0.39, 0.29) is 19.5 Å². The molecule has 1 saturated heterocycles. The van der Waals surface area contributed by atoms with Gasteiger partial charge in [-0.05, 0) is 27.2 Å². The first kappa shape index (κ1) is 21.8. The maximum Gasteiger partial charge on any atom is 0.410 e. The van der Waals surface area contributed by atoms with Crippen molar-refractivity contribution >= 4 is 18.0 Å². The summed E-state index contributed by atoms with van der Waals surface area (Å²) >= 11 is 0. The Morgan fingerprint density at radius 2 is 1.83 bits per heavy atom. The van der Waals surface area contributed by atoms with Crippen LogP contribution in [-0.4, -0.2) is 54.7 Å². The number of nitrogens with zero attached hydrogens (tertiary/aromatic N) is 2. The van der Waals surface area contributed by atoms with Crippen molar-refractivity contribution in [2.24, 2.45) is 11.1 Å². The highest BCUT2D eigenvalue weighted by Gasteiger charge is 2.41. The summed E-state index contributed by atoms with van der Waals surface area (Å²) in [5, 5.41) is 7.25. The van der Waals surface area contributed by atoms with Crippen LogP contribution in [0.4, 0.5) is 9.59 Å². The normalized spacial score (nSPS) is 19.7. The number of amides is 4. The third-order valence-electron chi connectivity index (χ3n) is 3.16. The van der Waals surface area contributed by atoms with Crippen LogP contribution in [0.2, 0.25) is 0 Å². The van der Waals surface area contributed by atoms with E-state index in [1.807, 2.05) is 13.8 Å². The molecule has 1 aliphatic heterocycles. The molecule has 0 bridgehead atoms. The van der Waals surface area contributed by atoms with Crippen LogP contribution in [0.15, 0.2) is 5.18 Å². The Morgan fingerprint density at radius 3 is 2.29 bits per heavy atom. The minimum absolute atomic E-state index is 0.0813. The second kappa shape index (κ2) is 9.84. The number of hydrogen-bond acceptors (Lipinski definition) is 6. The molecule has 0 aliphatic carbocycles. The molecule has 1 aliphatic rings. The second-order valence-electron chi connectivity index (χ2n) is 6.10. The van der Waals surface area contributed by atoms with Gasteiger partial charge < -0.3 is 15.0 Å². The summed E-state index contributed by atoms with van der Waals surface area (Å²) in [5.41, 5.74) is -0.682. The van der Waals surface area contributed by atoms with Crippen molar-refractivity contribution in [3.63, 3.8) is 0 Å². The Bertz CT molecular complexity index is 461. The molecule has 0 aromatic carbocycles. The largest absolute Gasteiger partial charge is 0.444 e. The maximum absolute atomic E-state index is 12.1. The predicted octanol–water partition coefficient (Wildman–Crippen LogP) is 1.86. The molecule has 1 fully saturated rings. The van der Waals surface area contributed by atoms with Crippen LogP contribution in [0.1, 0.15) is 41.0 Å². The molecule has 0 saturated carbocycles. The van der Waals surface area contributed by atoms with Crippen molar-refractivity contribution in [1.82, 2.24) is 15.5 Å². The first-order chi connectivity index (χ1) is 11.2. The maximum atomic E-state index is 12.1. The third-order valence-corrected chi connectivity index (χ3v) is 3.16. The topological polar surface area (TPSA) is 117 Å². The number of rotatable bonds is 3. The lowest BCUT2D eigenvalue weighted by Gasteiger charge is -2.27. The fraction of sp³-hybridized carbons (Fsp3) is 0.800. The zero-order chi connectivity index (χ0) is 18.9. The van der Waals surface area contributed by atoms with E-state index in [4.69, 9.17) is 4.74 Å². The SMILES string of the molecule is CC.CNC(=O)NC(=O)C1CC(CN=O)N(C(=O)OC(C)(C)C)C1. The number of nitroso groups, excluding NO2 is 1. The lowest BCUT2D eigenvalue weighted by atomic mass is 10.1. The van der Waals surface area contributed by atoms with Crippen LogP contribution in [-0.2, 0) is 9.53 Å². The van der Waals surface area contributed by atoms with Crippen LogP contribution in [0.3, 0.4) is 0 Å². The molecule has 1 rings (SSSR count). The Balaban J connectivity index is 0.00000254. The van der Waals surface area contributed by atoms with E-state index in [0.717, 1.165) is 0 Å². The van der Waals surface area contributed by atoms with Gasteiger partial charge in [-0.15, -0.1) is 0 Å².